The van der Waals surface area contributed by atoms with E-state index in [0.29, 0.717) is 11.3 Å². The molecule has 2 heterocycles. The number of anilines is 2. The molecule has 0 bridgehead atoms. The summed E-state index contributed by atoms with van der Waals surface area (Å²) in [5, 5.41) is 0. The van der Waals surface area contributed by atoms with Crippen molar-refractivity contribution in [2.75, 3.05) is 44.4 Å². The van der Waals surface area contributed by atoms with Crippen LogP contribution < -0.4 is 16.4 Å². The Morgan fingerprint density at radius 2 is 2.10 bits per heavy atom. The molecule has 1 aromatic heterocycles. The zero-order valence-electron chi connectivity index (χ0n) is 12.2. The molecule has 1 aliphatic rings. The van der Waals surface area contributed by atoms with Gasteiger partial charge in [-0.1, -0.05) is 0 Å². The lowest BCUT2D eigenvalue weighted by molar-refractivity contribution is 0.100. The first kappa shape index (κ1) is 14.6. The van der Waals surface area contributed by atoms with E-state index in [-0.39, 0.29) is 0 Å². The van der Waals surface area contributed by atoms with Crippen LogP contribution in [0, 0.1) is 5.92 Å². The Bertz CT molecular complexity index is 480. The van der Waals surface area contributed by atoms with Gasteiger partial charge in [0.05, 0.1) is 17.4 Å². The maximum absolute atomic E-state index is 11.3. The van der Waals surface area contributed by atoms with E-state index in [1.165, 1.54) is 6.20 Å². The summed E-state index contributed by atoms with van der Waals surface area (Å²) in [4.78, 5) is 20.1. The second-order valence-corrected chi connectivity index (χ2v) is 5.69. The fraction of sp³-hybridized carbons (Fsp3) is 0.571. The highest BCUT2D eigenvalue weighted by Crippen LogP contribution is 2.24. The summed E-state index contributed by atoms with van der Waals surface area (Å²) in [5.74, 6) is 1.01. The molecule has 1 fully saturated rings. The molecule has 110 valence electrons. The van der Waals surface area contributed by atoms with Gasteiger partial charge in [-0.2, -0.15) is 0 Å². The number of hydrogen-bond acceptors (Lipinski definition) is 5. The van der Waals surface area contributed by atoms with Gasteiger partial charge in [-0.3, -0.25) is 4.79 Å². The lowest BCUT2D eigenvalue weighted by Crippen LogP contribution is -2.37. The molecule has 0 saturated carbocycles. The van der Waals surface area contributed by atoms with E-state index in [4.69, 9.17) is 11.5 Å². The number of hydrogen-bond donors (Lipinski definition) is 2. The molecule has 0 radical (unpaired) electrons. The minimum absolute atomic E-state index is 0.337. The number of nitrogens with zero attached hydrogens (tertiary/aromatic N) is 3. The largest absolute Gasteiger partial charge is 0.397 e. The summed E-state index contributed by atoms with van der Waals surface area (Å²) >= 11 is 0. The zero-order valence-corrected chi connectivity index (χ0v) is 12.2. The van der Waals surface area contributed by atoms with Gasteiger partial charge in [-0.25, -0.2) is 4.98 Å². The van der Waals surface area contributed by atoms with Gasteiger partial charge < -0.3 is 21.3 Å². The molecule has 1 aliphatic heterocycles. The summed E-state index contributed by atoms with van der Waals surface area (Å²) in [6.45, 7) is 3.02. The van der Waals surface area contributed by atoms with Crippen molar-refractivity contribution >= 4 is 17.4 Å². The van der Waals surface area contributed by atoms with Crippen molar-refractivity contribution in [3.05, 3.63) is 17.8 Å². The third-order valence-electron chi connectivity index (χ3n) is 3.75. The SMILES string of the molecule is CN(C)CC1CCN(c2cc(C(N)=O)c(N)cn2)CC1. The number of pyridine rings is 1. The van der Waals surface area contributed by atoms with Crippen LogP contribution in [0.1, 0.15) is 23.2 Å². The molecule has 0 aromatic carbocycles. The van der Waals surface area contributed by atoms with Crippen LogP contribution in [-0.4, -0.2) is 49.5 Å². The predicted octanol–water partition coefficient (Wildman–Crippen LogP) is 0.541. The molecule has 4 N–H and O–H groups in total. The normalized spacial score (nSPS) is 16.6. The predicted molar refractivity (Wildman–Crippen MR) is 80.7 cm³/mol. The van der Waals surface area contributed by atoms with E-state index in [1.807, 2.05) is 0 Å². The minimum atomic E-state index is -0.506. The third kappa shape index (κ3) is 3.39. The molecule has 0 unspecified atom stereocenters. The Balaban J connectivity index is 2.03. The number of carbonyl (C=O) groups excluding carboxylic acids is 1. The van der Waals surface area contributed by atoms with Crippen molar-refractivity contribution in [1.82, 2.24) is 9.88 Å². The van der Waals surface area contributed by atoms with Gasteiger partial charge in [0, 0.05) is 19.6 Å². The zero-order chi connectivity index (χ0) is 14.7. The average molecular weight is 277 g/mol. The van der Waals surface area contributed by atoms with Crippen LogP contribution in [0.4, 0.5) is 11.5 Å². The monoisotopic (exact) mass is 277 g/mol. The van der Waals surface area contributed by atoms with Crippen molar-refractivity contribution in [3.63, 3.8) is 0 Å². The molecule has 0 atom stereocenters. The van der Waals surface area contributed by atoms with Crippen LogP contribution in [-0.2, 0) is 0 Å². The van der Waals surface area contributed by atoms with Gasteiger partial charge in [0.25, 0.3) is 5.91 Å². The van der Waals surface area contributed by atoms with Gasteiger partial charge >= 0.3 is 0 Å². The number of nitrogens with two attached hydrogens (primary N) is 2. The van der Waals surface area contributed by atoms with Crippen molar-refractivity contribution in [2.45, 2.75) is 12.8 Å². The average Bonchev–Trinajstić information content (AvgIpc) is 2.39. The molecule has 6 nitrogen and oxygen atoms in total. The molecule has 0 spiro atoms. The molecule has 0 aliphatic carbocycles. The van der Waals surface area contributed by atoms with Crippen LogP contribution in [0.2, 0.25) is 0 Å². The van der Waals surface area contributed by atoms with Gasteiger partial charge in [-0.15, -0.1) is 0 Å². The van der Waals surface area contributed by atoms with Crippen molar-refractivity contribution in [3.8, 4) is 0 Å². The van der Waals surface area contributed by atoms with Crippen molar-refractivity contribution < 1.29 is 4.79 Å². The van der Waals surface area contributed by atoms with Gasteiger partial charge in [0.2, 0.25) is 0 Å². The smallest absolute Gasteiger partial charge is 0.250 e. The second kappa shape index (κ2) is 6.09. The van der Waals surface area contributed by atoms with Gasteiger partial charge in [-0.05, 0) is 38.9 Å². The summed E-state index contributed by atoms with van der Waals surface area (Å²) < 4.78 is 0. The van der Waals surface area contributed by atoms with Crippen molar-refractivity contribution in [1.29, 1.82) is 0 Å². The molecule has 1 amide bonds. The first-order chi connectivity index (χ1) is 9.47. The quantitative estimate of drug-likeness (QED) is 0.838. The molecule has 1 saturated heterocycles. The number of piperidine rings is 1. The second-order valence-electron chi connectivity index (χ2n) is 5.69. The summed E-state index contributed by atoms with van der Waals surface area (Å²) in [6.07, 6.45) is 3.79. The summed E-state index contributed by atoms with van der Waals surface area (Å²) in [7, 11) is 4.21. The number of aromatic nitrogens is 1. The lowest BCUT2D eigenvalue weighted by atomic mass is 9.96. The van der Waals surface area contributed by atoms with E-state index in [2.05, 4.69) is 28.9 Å². The number of carbonyl (C=O) groups is 1. The highest BCUT2D eigenvalue weighted by atomic mass is 16.1. The molecular formula is C14H23N5O. The molecule has 6 heteroatoms. The lowest BCUT2D eigenvalue weighted by Gasteiger charge is -2.34. The Morgan fingerprint density at radius 3 is 2.65 bits per heavy atom. The van der Waals surface area contributed by atoms with Crippen LogP contribution in [0.3, 0.4) is 0 Å². The number of amides is 1. The standard InChI is InChI=1S/C14H23N5O/c1-18(2)9-10-3-5-19(6-4-10)13-7-11(14(16)20)12(15)8-17-13/h7-8,10H,3-6,9,15H2,1-2H3,(H2,16,20). The molecule has 20 heavy (non-hydrogen) atoms. The van der Waals surface area contributed by atoms with Crippen LogP contribution in [0.15, 0.2) is 12.3 Å². The van der Waals surface area contributed by atoms with E-state index in [9.17, 15) is 4.79 Å². The first-order valence-corrected chi connectivity index (χ1v) is 6.92. The fourth-order valence-electron chi connectivity index (χ4n) is 2.70. The van der Waals surface area contributed by atoms with Crippen LogP contribution >= 0.6 is 0 Å². The van der Waals surface area contributed by atoms with Crippen molar-refractivity contribution in [2.24, 2.45) is 11.7 Å². The number of rotatable bonds is 4. The fourth-order valence-corrected chi connectivity index (χ4v) is 2.70. The maximum Gasteiger partial charge on any atom is 0.250 e. The van der Waals surface area contributed by atoms with Crippen LogP contribution in [0.25, 0.3) is 0 Å². The summed E-state index contributed by atoms with van der Waals surface area (Å²) in [5.41, 5.74) is 11.7. The van der Waals surface area contributed by atoms with E-state index in [1.54, 1.807) is 6.07 Å². The summed E-state index contributed by atoms with van der Waals surface area (Å²) in [6, 6.07) is 1.70. The highest BCUT2D eigenvalue weighted by molar-refractivity contribution is 5.98. The Hall–Kier alpha value is -1.82. The first-order valence-electron chi connectivity index (χ1n) is 6.92. The van der Waals surface area contributed by atoms with Crippen LogP contribution in [0.5, 0.6) is 0 Å². The number of primary amides is 1. The van der Waals surface area contributed by atoms with E-state index < -0.39 is 5.91 Å². The molecule has 2 rings (SSSR count). The third-order valence-corrected chi connectivity index (χ3v) is 3.75. The topological polar surface area (TPSA) is 88.5 Å². The van der Waals surface area contributed by atoms with E-state index >= 15 is 0 Å². The Kier molecular flexibility index (Phi) is 4.44. The van der Waals surface area contributed by atoms with Gasteiger partial charge in [0.1, 0.15) is 5.82 Å². The molecular weight excluding hydrogens is 254 g/mol. The number of nitrogen functional groups attached to an aromatic ring is 1. The Morgan fingerprint density at radius 1 is 1.45 bits per heavy atom. The Labute approximate surface area is 119 Å². The maximum atomic E-state index is 11.3. The van der Waals surface area contributed by atoms with E-state index in [0.717, 1.165) is 44.2 Å². The molecule has 1 aromatic rings. The highest BCUT2D eigenvalue weighted by Gasteiger charge is 2.21. The van der Waals surface area contributed by atoms with Gasteiger partial charge in [0.15, 0.2) is 0 Å². The minimum Gasteiger partial charge on any atom is -0.397 e.